The first-order chi connectivity index (χ1) is 15.1. The second-order valence-corrected chi connectivity index (χ2v) is 8.74. The number of terminal acetylenes is 1. The van der Waals surface area contributed by atoms with Gasteiger partial charge in [0.25, 0.3) is 5.91 Å². The molecule has 1 aliphatic rings. The first kappa shape index (κ1) is 19.5. The Morgan fingerprint density at radius 2 is 1.94 bits per heavy atom. The van der Waals surface area contributed by atoms with Gasteiger partial charge in [-0.25, -0.2) is 4.98 Å². The van der Waals surface area contributed by atoms with Crippen LogP contribution in [0.5, 0.6) is 0 Å². The molecular weight excluding hydrogens is 404 g/mol. The monoisotopic (exact) mass is 426 g/mol. The Morgan fingerprint density at radius 1 is 1.16 bits per heavy atom. The van der Waals surface area contributed by atoms with Gasteiger partial charge in [-0.1, -0.05) is 36.4 Å². The lowest BCUT2D eigenvalue weighted by Crippen LogP contribution is -2.38. The summed E-state index contributed by atoms with van der Waals surface area (Å²) in [6.45, 7) is 1.48. The van der Waals surface area contributed by atoms with Gasteiger partial charge >= 0.3 is 0 Å². The second kappa shape index (κ2) is 8.01. The molecule has 0 aliphatic carbocycles. The summed E-state index contributed by atoms with van der Waals surface area (Å²) in [5.74, 6) is 2.94. The zero-order valence-electron chi connectivity index (χ0n) is 17.3. The lowest BCUT2D eigenvalue weighted by atomic mass is 9.88. The first-order valence-corrected chi connectivity index (χ1v) is 11.2. The number of carbonyl (C=O) groups is 1. The van der Waals surface area contributed by atoms with Crippen LogP contribution in [0.25, 0.3) is 22.0 Å². The number of amides is 1. The maximum atomic E-state index is 12.7. The zero-order chi connectivity index (χ0) is 21.4. The lowest BCUT2D eigenvalue weighted by Gasteiger charge is -2.32. The summed E-state index contributed by atoms with van der Waals surface area (Å²) in [5, 5.41) is 7.87. The third kappa shape index (κ3) is 3.62. The molecule has 3 heterocycles. The second-order valence-electron chi connectivity index (χ2n) is 7.88. The summed E-state index contributed by atoms with van der Waals surface area (Å²) >= 11 is 1.34. The van der Waals surface area contributed by atoms with Crippen LogP contribution in [-0.2, 0) is 7.05 Å². The number of nitrogens with zero attached hydrogens (tertiary/aromatic N) is 4. The Labute approximate surface area is 185 Å². The van der Waals surface area contributed by atoms with Gasteiger partial charge in [0.2, 0.25) is 0 Å². The van der Waals surface area contributed by atoms with Gasteiger partial charge in [0, 0.05) is 30.9 Å². The molecule has 0 atom stereocenters. The van der Waals surface area contributed by atoms with E-state index in [4.69, 9.17) is 6.42 Å². The highest BCUT2D eigenvalue weighted by Crippen LogP contribution is 2.32. The number of thiazole rings is 1. The molecule has 5 rings (SSSR count). The van der Waals surface area contributed by atoms with E-state index in [1.165, 1.54) is 33.4 Å². The van der Waals surface area contributed by atoms with Gasteiger partial charge in [-0.15, -0.1) is 17.8 Å². The molecule has 1 amide bonds. The number of hydrogen-bond donors (Lipinski definition) is 0. The summed E-state index contributed by atoms with van der Waals surface area (Å²) in [6, 6.07) is 15.2. The minimum atomic E-state index is -0.0175. The minimum absolute atomic E-state index is 0.0175. The Kier molecular flexibility index (Phi) is 5.05. The molecule has 1 saturated heterocycles. The van der Waals surface area contributed by atoms with Crippen LogP contribution >= 0.6 is 11.3 Å². The molecule has 1 aliphatic heterocycles. The minimum Gasteiger partial charge on any atom is -0.337 e. The van der Waals surface area contributed by atoms with E-state index in [1.54, 1.807) is 5.38 Å². The van der Waals surface area contributed by atoms with Crippen molar-refractivity contribution in [2.24, 2.45) is 7.05 Å². The van der Waals surface area contributed by atoms with Crippen LogP contribution in [0.15, 0.2) is 54.0 Å². The van der Waals surface area contributed by atoms with Crippen LogP contribution in [-0.4, -0.2) is 38.7 Å². The van der Waals surface area contributed by atoms with Crippen LogP contribution in [0, 0.1) is 12.3 Å². The maximum Gasteiger partial charge on any atom is 0.273 e. The molecular formula is C25H22N4OS. The molecule has 1 fully saturated rings. The SMILES string of the molecule is C#Cc1nc(C(=O)N2CCC(c3ccc(-c4cccc5c4cnn5C)cc3)CC2)cs1. The molecule has 0 unspecified atom stereocenters. The summed E-state index contributed by atoms with van der Waals surface area (Å²) in [4.78, 5) is 18.8. The van der Waals surface area contributed by atoms with Crippen molar-refractivity contribution < 1.29 is 4.79 Å². The molecule has 0 N–H and O–H groups in total. The summed E-state index contributed by atoms with van der Waals surface area (Å²) < 4.78 is 1.90. The predicted molar refractivity (Wildman–Crippen MR) is 124 cm³/mol. The van der Waals surface area contributed by atoms with Crippen LogP contribution in [0.4, 0.5) is 0 Å². The van der Waals surface area contributed by atoms with Gasteiger partial charge in [0.15, 0.2) is 5.01 Å². The Bertz CT molecular complexity index is 1290. The number of carbonyl (C=O) groups excluding carboxylic acids is 1. The molecule has 0 bridgehead atoms. The molecule has 154 valence electrons. The first-order valence-electron chi connectivity index (χ1n) is 10.4. The van der Waals surface area contributed by atoms with Crippen molar-refractivity contribution in [3.63, 3.8) is 0 Å². The molecule has 6 heteroatoms. The van der Waals surface area contributed by atoms with Gasteiger partial charge in [-0.05, 0) is 47.4 Å². The molecule has 4 aromatic rings. The highest BCUT2D eigenvalue weighted by Gasteiger charge is 2.26. The molecule has 0 radical (unpaired) electrons. The molecule has 2 aromatic carbocycles. The quantitative estimate of drug-likeness (QED) is 0.446. The Morgan fingerprint density at radius 3 is 2.65 bits per heavy atom. The van der Waals surface area contributed by atoms with Crippen molar-refractivity contribution in [1.82, 2.24) is 19.7 Å². The summed E-state index contributed by atoms with van der Waals surface area (Å²) in [7, 11) is 1.97. The average molecular weight is 427 g/mol. The third-order valence-corrected chi connectivity index (χ3v) is 6.89. The largest absolute Gasteiger partial charge is 0.337 e. The van der Waals surface area contributed by atoms with E-state index in [1.807, 2.05) is 22.8 Å². The highest BCUT2D eigenvalue weighted by molar-refractivity contribution is 7.10. The average Bonchev–Trinajstić information content (AvgIpc) is 3.46. The van der Waals surface area contributed by atoms with Gasteiger partial charge in [-0.2, -0.15) is 5.10 Å². The van der Waals surface area contributed by atoms with Crippen LogP contribution in [0.2, 0.25) is 0 Å². The summed E-state index contributed by atoms with van der Waals surface area (Å²) in [6.07, 6.45) is 9.21. The number of rotatable bonds is 3. The molecule has 0 spiro atoms. The Balaban J connectivity index is 1.28. The third-order valence-electron chi connectivity index (χ3n) is 6.11. The van der Waals surface area contributed by atoms with Crippen molar-refractivity contribution in [2.45, 2.75) is 18.8 Å². The smallest absolute Gasteiger partial charge is 0.273 e. The van der Waals surface area contributed by atoms with E-state index < -0.39 is 0 Å². The highest BCUT2D eigenvalue weighted by atomic mass is 32.1. The van der Waals surface area contributed by atoms with Crippen LogP contribution < -0.4 is 0 Å². The molecule has 31 heavy (non-hydrogen) atoms. The van der Waals surface area contributed by atoms with Gasteiger partial charge < -0.3 is 4.90 Å². The maximum absolute atomic E-state index is 12.7. The van der Waals surface area contributed by atoms with Crippen molar-refractivity contribution in [2.75, 3.05) is 13.1 Å². The van der Waals surface area contributed by atoms with Gasteiger partial charge in [0.05, 0.1) is 11.7 Å². The van der Waals surface area contributed by atoms with E-state index in [2.05, 4.69) is 58.5 Å². The molecule has 2 aromatic heterocycles. The van der Waals surface area contributed by atoms with E-state index in [9.17, 15) is 4.79 Å². The van der Waals surface area contributed by atoms with E-state index in [0.717, 1.165) is 31.4 Å². The topological polar surface area (TPSA) is 51.0 Å². The van der Waals surface area contributed by atoms with Crippen molar-refractivity contribution in [3.8, 4) is 23.5 Å². The molecule has 0 saturated carbocycles. The van der Waals surface area contributed by atoms with E-state index in [-0.39, 0.29) is 5.91 Å². The number of hydrogen-bond acceptors (Lipinski definition) is 4. The van der Waals surface area contributed by atoms with Crippen molar-refractivity contribution in [3.05, 3.63) is 70.3 Å². The zero-order valence-corrected chi connectivity index (χ0v) is 18.1. The van der Waals surface area contributed by atoms with Crippen molar-refractivity contribution in [1.29, 1.82) is 0 Å². The predicted octanol–water partition coefficient (Wildman–Crippen LogP) is 4.70. The van der Waals surface area contributed by atoms with Gasteiger partial charge in [-0.3, -0.25) is 9.48 Å². The number of benzene rings is 2. The normalized spacial score (nSPS) is 14.6. The number of piperidine rings is 1. The fourth-order valence-electron chi connectivity index (χ4n) is 4.38. The number of fused-ring (bicyclic) bond motifs is 1. The van der Waals surface area contributed by atoms with E-state index in [0.29, 0.717) is 16.6 Å². The summed E-state index contributed by atoms with van der Waals surface area (Å²) in [5.41, 5.74) is 5.32. The van der Waals surface area contributed by atoms with Crippen LogP contribution in [0.3, 0.4) is 0 Å². The fourth-order valence-corrected chi connectivity index (χ4v) is 4.98. The van der Waals surface area contributed by atoms with Crippen LogP contribution in [0.1, 0.15) is 39.8 Å². The fraction of sp³-hybridized carbons (Fsp3) is 0.240. The number of aromatic nitrogens is 3. The lowest BCUT2D eigenvalue weighted by molar-refractivity contribution is 0.0708. The Hall–Kier alpha value is -3.43. The molecule has 5 nitrogen and oxygen atoms in total. The standard InChI is InChI=1S/C25H22N4OS/c1-3-24-27-22(16-31-24)25(30)29-13-11-18(12-14-29)17-7-9-19(10-8-17)20-5-4-6-23-21(20)15-26-28(23)2/h1,4-10,15-16,18H,11-14H2,2H3. The number of aryl methyl sites for hydroxylation is 1. The van der Waals surface area contributed by atoms with E-state index >= 15 is 0 Å². The van der Waals surface area contributed by atoms with Crippen molar-refractivity contribution >= 4 is 28.1 Å². The van der Waals surface area contributed by atoms with Gasteiger partial charge in [0.1, 0.15) is 5.69 Å². The number of likely N-dealkylation sites (tertiary alicyclic amines) is 1.